The molecule has 0 saturated heterocycles. The molecule has 2 atom stereocenters. The molecule has 0 amide bonds. The van der Waals surface area contributed by atoms with Gasteiger partial charge in [0, 0.05) is 6.61 Å². The second kappa shape index (κ2) is 4.38. The van der Waals surface area contributed by atoms with Crippen molar-refractivity contribution in [3.05, 3.63) is 11.7 Å². The lowest BCUT2D eigenvalue weighted by Gasteiger charge is -2.11. The highest BCUT2D eigenvalue weighted by atomic mass is 16.5. The quantitative estimate of drug-likeness (QED) is 0.818. The van der Waals surface area contributed by atoms with Crippen molar-refractivity contribution in [1.82, 2.24) is 10.1 Å². The van der Waals surface area contributed by atoms with Gasteiger partial charge in [0.05, 0.1) is 6.04 Å². The largest absolute Gasteiger partial charge is 0.370 e. The number of nitrogens with zero attached hydrogens (tertiary/aromatic N) is 2. The summed E-state index contributed by atoms with van der Waals surface area (Å²) >= 11 is 0. The number of nitrogens with two attached hydrogens (primary N) is 1. The van der Waals surface area contributed by atoms with E-state index in [1.165, 1.54) is 25.7 Å². The van der Waals surface area contributed by atoms with E-state index in [2.05, 4.69) is 10.1 Å². The number of aromatic nitrogens is 2. The molecule has 5 heteroatoms. The van der Waals surface area contributed by atoms with Crippen LogP contribution >= 0.6 is 0 Å². The Morgan fingerprint density at radius 3 is 2.65 bits per heavy atom. The monoisotopic (exact) mass is 237 g/mol. The first-order valence-electron chi connectivity index (χ1n) is 6.50. The molecule has 94 valence electrons. The van der Waals surface area contributed by atoms with Gasteiger partial charge in [-0.05, 0) is 44.4 Å². The fourth-order valence-corrected chi connectivity index (χ4v) is 2.16. The van der Waals surface area contributed by atoms with Crippen LogP contribution in [-0.4, -0.2) is 16.7 Å². The third-order valence-electron chi connectivity index (χ3n) is 3.52. The lowest BCUT2D eigenvalue weighted by Crippen LogP contribution is -2.13. The molecule has 1 aromatic rings. The molecule has 2 fully saturated rings. The molecule has 2 aliphatic rings. The normalized spacial score (nSPS) is 23.6. The predicted molar refractivity (Wildman–Crippen MR) is 61.0 cm³/mol. The number of ether oxygens (including phenoxy) is 1. The Morgan fingerprint density at radius 2 is 2.06 bits per heavy atom. The number of rotatable bonds is 6. The molecule has 2 saturated carbocycles. The van der Waals surface area contributed by atoms with Crippen LogP contribution in [0.25, 0.3) is 0 Å². The first-order chi connectivity index (χ1) is 8.29. The maximum Gasteiger partial charge on any atom is 0.243 e. The first kappa shape index (κ1) is 11.2. The highest BCUT2D eigenvalue weighted by Crippen LogP contribution is 2.43. The average Bonchev–Trinajstić information content (AvgIpc) is 3.22. The summed E-state index contributed by atoms with van der Waals surface area (Å²) < 4.78 is 11.0. The van der Waals surface area contributed by atoms with Crippen LogP contribution in [0.4, 0.5) is 0 Å². The van der Waals surface area contributed by atoms with Gasteiger partial charge in [0.1, 0.15) is 6.10 Å². The smallest absolute Gasteiger partial charge is 0.243 e. The van der Waals surface area contributed by atoms with E-state index >= 15 is 0 Å². The summed E-state index contributed by atoms with van der Waals surface area (Å²) in [7, 11) is 0. The zero-order chi connectivity index (χ0) is 11.8. The summed E-state index contributed by atoms with van der Waals surface area (Å²) in [5.41, 5.74) is 6.04. The number of hydrogen-bond acceptors (Lipinski definition) is 5. The summed E-state index contributed by atoms with van der Waals surface area (Å²) in [6.07, 6.45) is 4.75. The maximum atomic E-state index is 6.04. The summed E-state index contributed by atoms with van der Waals surface area (Å²) in [4.78, 5) is 4.42. The lowest BCUT2D eigenvalue weighted by molar-refractivity contribution is 0.0384. The number of hydrogen-bond donors (Lipinski definition) is 1. The van der Waals surface area contributed by atoms with E-state index in [4.69, 9.17) is 15.0 Å². The molecule has 0 spiro atoms. The first-order valence-corrected chi connectivity index (χ1v) is 6.50. The Morgan fingerprint density at radius 1 is 1.35 bits per heavy atom. The van der Waals surface area contributed by atoms with Gasteiger partial charge >= 0.3 is 0 Å². The lowest BCUT2D eigenvalue weighted by atomic mass is 10.2. The third-order valence-corrected chi connectivity index (χ3v) is 3.52. The standard InChI is InChI=1S/C12H19N3O2/c1-2-16-10(8-5-6-8)11-14-12(17-15-11)9(13)7-3-4-7/h7-10H,2-6,13H2,1H3. The van der Waals surface area contributed by atoms with Gasteiger partial charge < -0.3 is 15.0 Å². The van der Waals surface area contributed by atoms with Crippen LogP contribution in [0.3, 0.4) is 0 Å². The van der Waals surface area contributed by atoms with Crippen molar-refractivity contribution >= 4 is 0 Å². The van der Waals surface area contributed by atoms with Crippen molar-refractivity contribution in [1.29, 1.82) is 0 Å². The molecular weight excluding hydrogens is 218 g/mol. The van der Waals surface area contributed by atoms with Crippen molar-refractivity contribution in [2.75, 3.05) is 6.61 Å². The van der Waals surface area contributed by atoms with E-state index in [9.17, 15) is 0 Å². The predicted octanol–water partition coefficient (Wildman–Crippen LogP) is 1.97. The molecule has 2 unspecified atom stereocenters. The molecule has 0 aromatic carbocycles. The van der Waals surface area contributed by atoms with Gasteiger partial charge in [0.15, 0.2) is 0 Å². The zero-order valence-electron chi connectivity index (χ0n) is 10.1. The molecule has 0 bridgehead atoms. The molecule has 2 N–H and O–H groups in total. The molecule has 0 aliphatic heterocycles. The minimum Gasteiger partial charge on any atom is -0.370 e. The van der Waals surface area contributed by atoms with Gasteiger partial charge in [-0.15, -0.1) is 0 Å². The van der Waals surface area contributed by atoms with Crippen LogP contribution in [0.1, 0.15) is 56.5 Å². The van der Waals surface area contributed by atoms with Crippen LogP contribution in [-0.2, 0) is 4.74 Å². The molecule has 1 aromatic heterocycles. The second-order valence-corrected chi connectivity index (χ2v) is 5.07. The molecule has 17 heavy (non-hydrogen) atoms. The van der Waals surface area contributed by atoms with Crippen LogP contribution in [0.5, 0.6) is 0 Å². The fourth-order valence-electron chi connectivity index (χ4n) is 2.16. The van der Waals surface area contributed by atoms with Gasteiger partial charge in [-0.25, -0.2) is 0 Å². The van der Waals surface area contributed by atoms with E-state index in [1.54, 1.807) is 0 Å². The maximum absolute atomic E-state index is 6.04. The second-order valence-electron chi connectivity index (χ2n) is 5.07. The minimum absolute atomic E-state index is 0.00361. The van der Waals surface area contributed by atoms with Crippen molar-refractivity contribution in [2.45, 2.75) is 44.8 Å². The van der Waals surface area contributed by atoms with Crippen molar-refractivity contribution in [3.8, 4) is 0 Å². The van der Waals surface area contributed by atoms with E-state index in [0.29, 0.717) is 30.2 Å². The molecular formula is C12H19N3O2. The minimum atomic E-state index is -0.0854. The summed E-state index contributed by atoms with van der Waals surface area (Å²) in [5, 5.41) is 4.04. The van der Waals surface area contributed by atoms with E-state index in [0.717, 1.165) is 0 Å². The topological polar surface area (TPSA) is 74.2 Å². The highest BCUT2D eigenvalue weighted by molar-refractivity contribution is 5.03. The fraction of sp³-hybridized carbons (Fsp3) is 0.833. The Bertz CT molecular complexity index is 385. The molecule has 0 radical (unpaired) electrons. The van der Waals surface area contributed by atoms with Gasteiger partial charge in [-0.3, -0.25) is 0 Å². The summed E-state index contributed by atoms with van der Waals surface area (Å²) in [5.74, 6) is 2.36. The van der Waals surface area contributed by atoms with Gasteiger partial charge in [0.2, 0.25) is 11.7 Å². The Hall–Kier alpha value is -0.940. The zero-order valence-corrected chi connectivity index (χ0v) is 10.1. The van der Waals surface area contributed by atoms with Gasteiger partial charge in [-0.1, -0.05) is 5.16 Å². The van der Waals surface area contributed by atoms with Crippen LogP contribution in [0, 0.1) is 11.8 Å². The Balaban J connectivity index is 1.73. The van der Waals surface area contributed by atoms with Crippen molar-refractivity contribution in [2.24, 2.45) is 17.6 Å². The van der Waals surface area contributed by atoms with Gasteiger partial charge in [-0.2, -0.15) is 4.98 Å². The van der Waals surface area contributed by atoms with Crippen LogP contribution < -0.4 is 5.73 Å². The SMILES string of the molecule is CCOC(c1noc(C(N)C2CC2)n1)C1CC1. The Kier molecular flexibility index (Phi) is 2.88. The molecule has 3 rings (SSSR count). The van der Waals surface area contributed by atoms with Crippen molar-refractivity contribution in [3.63, 3.8) is 0 Å². The van der Waals surface area contributed by atoms with E-state index < -0.39 is 0 Å². The average molecular weight is 237 g/mol. The van der Waals surface area contributed by atoms with E-state index in [-0.39, 0.29) is 12.1 Å². The summed E-state index contributed by atoms with van der Waals surface area (Å²) in [6, 6.07) is -0.0854. The molecule has 1 heterocycles. The van der Waals surface area contributed by atoms with Crippen molar-refractivity contribution < 1.29 is 9.26 Å². The van der Waals surface area contributed by atoms with E-state index in [1.807, 2.05) is 6.92 Å². The Labute approximate surface area is 101 Å². The summed E-state index contributed by atoms with van der Waals surface area (Å²) in [6.45, 7) is 2.67. The molecule has 2 aliphatic carbocycles. The van der Waals surface area contributed by atoms with Gasteiger partial charge in [0.25, 0.3) is 0 Å². The highest BCUT2D eigenvalue weighted by Gasteiger charge is 2.38. The van der Waals surface area contributed by atoms with Crippen LogP contribution in [0.2, 0.25) is 0 Å². The third kappa shape index (κ3) is 2.35. The molecule has 5 nitrogen and oxygen atoms in total. The van der Waals surface area contributed by atoms with Crippen LogP contribution in [0.15, 0.2) is 4.52 Å².